The Bertz CT molecular complexity index is 1090. The summed E-state index contributed by atoms with van der Waals surface area (Å²) < 4.78 is 7.54. The van der Waals surface area contributed by atoms with Crippen LogP contribution in [0.15, 0.2) is 28.0 Å². The van der Waals surface area contributed by atoms with Crippen molar-refractivity contribution >= 4 is 51.7 Å². The number of ether oxygens (including phenoxy) is 1. The van der Waals surface area contributed by atoms with E-state index in [0.29, 0.717) is 33.8 Å². The van der Waals surface area contributed by atoms with Gasteiger partial charge in [-0.2, -0.15) is 0 Å². The minimum absolute atomic E-state index is 0.00966. The number of pyridine rings is 1. The van der Waals surface area contributed by atoms with Crippen molar-refractivity contribution < 1.29 is 14.6 Å². The summed E-state index contributed by atoms with van der Waals surface area (Å²) in [6, 6.07) is 3.64. The minimum Gasteiger partial charge on any atom is -0.395 e. The molecular weight excluding hydrogens is 424 g/mol. The molecule has 1 atom stereocenters. The van der Waals surface area contributed by atoms with E-state index in [1.54, 1.807) is 23.2 Å². The first-order valence-electron chi connectivity index (χ1n) is 9.73. The van der Waals surface area contributed by atoms with Gasteiger partial charge in [-0.05, 0) is 37.5 Å². The zero-order chi connectivity index (χ0) is 21.3. The summed E-state index contributed by atoms with van der Waals surface area (Å²) in [5.41, 5.74) is 1.32. The van der Waals surface area contributed by atoms with E-state index in [2.05, 4.69) is 10.3 Å². The number of nitrogens with zero attached hydrogens (tertiary/aromatic N) is 3. The van der Waals surface area contributed by atoms with Crippen LogP contribution < -0.4 is 10.9 Å². The molecule has 0 aromatic carbocycles. The maximum Gasteiger partial charge on any atom is 0.267 e. The van der Waals surface area contributed by atoms with Crippen LogP contribution in [0.2, 0.25) is 0 Å². The molecule has 2 saturated heterocycles. The quantitative estimate of drug-likeness (QED) is 0.512. The Morgan fingerprint density at radius 2 is 2.30 bits per heavy atom. The number of fused-ring (bicyclic) bond motifs is 1. The van der Waals surface area contributed by atoms with E-state index >= 15 is 0 Å². The van der Waals surface area contributed by atoms with E-state index in [1.165, 1.54) is 16.2 Å². The van der Waals surface area contributed by atoms with Gasteiger partial charge in [-0.25, -0.2) is 4.98 Å². The lowest BCUT2D eigenvalue weighted by atomic mass is 10.2. The molecule has 0 spiro atoms. The van der Waals surface area contributed by atoms with E-state index < -0.39 is 0 Å². The van der Waals surface area contributed by atoms with Gasteiger partial charge in [0.25, 0.3) is 11.5 Å². The molecule has 8 nitrogen and oxygen atoms in total. The molecule has 4 rings (SSSR count). The van der Waals surface area contributed by atoms with Crippen LogP contribution in [0.25, 0.3) is 11.7 Å². The zero-order valence-corrected chi connectivity index (χ0v) is 18.1. The standard InChI is InChI=1S/C20H22N4O4S2/c1-12-4-2-7-23-17(12)22-16(21-6-8-25)14(18(23)26)10-15-19(27)24(20(29)30-15)11-13-5-3-9-28-13/h2,4,7,10,13,21,25H,3,5-6,8-9,11H2,1H3/b15-10-. The number of carbonyl (C=O) groups excluding carboxylic acids is 1. The highest BCUT2D eigenvalue weighted by Gasteiger charge is 2.35. The molecule has 0 aliphatic carbocycles. The monoisotopic (exact) mass is 446 g/mol. The average molecular weight is 447 g/mol. The number of anilines is 1. The molecule has 0 saturated carbocycles. The van der Waals surface area contributed by atoms with Gasteiger partial charge in [-0.1, -0.05) is 30.0 Å². The highest BCUT2D eigenvalue weighted by molar-refractivity contribution is 8.26. The molecule has 2 aliphatic rings. The van der Waals surface area contributed by atoms with Crippen molar-refractivity contribution in [2.45, 2.75) is 25.9 Å². The first kappa shape index (κ1) is 21.0. The maximum atomic E-state index is 13.2. The second-order valence-electron chi connectivity index (χ2n) is 7.14. The van der Waals surface area contributed by atoms with Crippen molar-refractivity contribution in [2.75, 3.05) is 31.6 Å². The molecule has 158 valence electrons. The van der Waals surface area contributed by atoms with Crippen LogP contribution in [0.3, 0.4) is 0 Å². The normalized spacial score (nSPS) is 20.7. The third-order valence-electron chi connectivity index (χ3n) is 5.05. The molecule has 2 aliphatic heterocycles. The first-order valence-corrected chi connectivity index (χ1v) is 11.0. The third-order valence-corrected chi connectivity index (χ3v) is 6.43. The fourth-order valence-corrected chi connectivity index (χ4v) is 4.79. The molecule has 2 N–H and O–H groups in total. The smallest absolute Gasteiger partial charge is 0.267 e. The van der Waals surface area contributed by atoms with Crippen molar-refractivity contribution in [3.63, 3.8) is 0 Å². The molecule has 30 heavy (non-hydrogen) atoms. The van der Waals surface area contributed by atoms with E-state index in [4.69, 9.17) is 17.0 Å². The Balaban J connectivity index is 1.73. The van der Waals surface area contributed by atoms with Crippen molar-refractivity contribution in [1.82, 2.24) is 14.3 Å². The number of nitrogens with one attached hydrogen (secondary N) is 1. The molecule has 1 amide bonds. The lowest BCUT2D eigenvalue weighted by Crippen LogP contribution is -2.35. The number of carbonyl (C=O) groups is 1. The van der Waals surface area contributed by atoms with Crippen molar-refractivity contribution in [3.8, 4) is 0 Å². The Hall–Kier alpha value is -2.27. The fourth-order valence-electron chi connectivity index (χ4n) is 3.53. The molecule has 4 heterocycles. The van der Waals surface area contributed by atoms with Gasteiger partial charge in [0.2, 0.25) is 0 Å². The van der Waals surface area contributed by atoms with Gasteiger partial charge in [-0.15, -0.1) is 0 Å². The minimum atomic E-state index is -0.298. The second-order valence-corrected chi connectivity index (χ2v) is 8.82. The number of amides is 1. The van der Waals surface area contributed by atoms with Crippen molar-refractivity contribution in [2.24, 2.45) is 0 Å². The predicted molar refractivity (Wildman–Crippen MR) is 121 cm³/mol. The topological polar surface area (TPSA) is 96.2 Å². The summed E-state index contributed by atoms with van der Waals surface area (Å²) in [5, 5.41) is 12.2. The summed E-state index contributed by atoms with van der Waals surface area (Å²) >= 11 is 6.57. The lowest BCUT2D eigenvalue weighted by molar-refractivity contribution is -0.123. The largest absolute Gasteiger partial charge is 0.395 e. The molecular formula is C20H22N4O4S2. The number of hydrogen-bond acceptors (Lipinski definition) is 8. The van der Waals surface area contributed by atoms with Gasteiger partial charge in [0, 0.05) is 19.3 Å². The van der Waals surface area contributed by atoms with Crippen LogP contribution in [0, 0.1) is 6.92 Å². The second kappa shape index (κ2) is 8.84. The molecule has 2 aromatic heterocycles. The van der Waals surface area contributed by atoms with Crippen LogP contribution in [-0.2, 0) is 9.53 Å². The number of aliphatic hydroxyl groups is 1. The van der Waals surface area contributed by atoms with Gasteiger partial charge in [0.1, 0.15) is 15.8 Å². The lowest BCUT2D eigenvalue weighted by Gasteiger charge is -2.18. The third kappa shape index (κ3) is 4.00. The van der Waals surface area contributed by atoms with Gasteiger partial charge in [0.15, 0.2) is 0 Å². The molecule has 0 radical (unpaired) electrons. The molecule has 2 aromatic rings. The van der Waals surface area contributed by atoms with E-state index in [1.807, 2.05) is 13.0 Å². The molecule has 1 unspecified atom stereocenters. The number of thioether (sulfide) groups is 1. The number of thiocarbonyl (C=S) groups is 1. The molecule has 0 bridgehead atoms. The van der Waals surface area contributed by atoms with Crippen LogP contribution in [0.5, 0.6) is 0 Å². The Morgan fingerprint density at radius 1 is 1.47 bits per heavy atom. The predicted octanol–water partition coefficient (Wildman–Crippen LogP) is 1.79. The average Bonchev–Trinajstić information content (AvgIpc) is 3.33. The van der Waals surface area contributed by atoms with E-state index in [-0.39, 0.29) is 36.3 Å². The highest BCUT2D eigenvalue weighted by atomic mass is 32.2. The van der Waals surface area contributed by atoms with Crippen LogP contribution in [0.4, 0.5) is 5.82 Å². The first-order chi connectivity index (χ1) is 14.5. The number of aliphatic hydroxyl groups excluding tert-OH is 1. The summed E-state index contributed by atoms with van der Waals surface area (Å²) in [7, 11) is 0. The van der Waals surface area contributed by atoms with E-state index in [0.717, 1.165) is 18.4 Å². The van der Waals surface area contributed by atoms with Gasteiger partial charge < -0.3 is 15.2 Å². The van der Waals surface area contributed by atoms with Crippen molar-refractivity contribution in [1.29, 1.82) is 0 Å². The fraction of sp³-hybridized carbons (Fsp3) is 0.400. The van der Waals surface area contributed by atoms with Gasteiger partial charge in [0.05, 0.1) is 29.7 Å². The Labute approximate surface area is 182 Å². The molecule has 10 heteroatoms. The van der Waals surface area contributed by atoms with Crippen LogP contribution in [-0.4, -0.2) is 62.0 Å². The summed E-state index contributed by atoms with van der Waals surface area (Å²) in [4.78, 5) is 32.6. The highest BCUT2D eigenvalue weighted by Crippen LogP contribution is 2.34. The van der Waals surface area contributed by atoms with Gasteiger partial charge >= 0.3 is 0 Å². The summed E-state index contributed by atoms with van der Waals surface area (Å²) in [6.45, 7) is 3.11. The molecule has 2 fully saturated rings. The Morgan fingerprint density at radius 3 is 3.03 bits per heavy atom. The van der Waals surface area contributed by atoms with Gasteiger partial charge in [-0.3, -0.25) is 18.9 Å². The SMILES string of the molecule is Cc1cccn2c(=O)c(/C=C3\SC(=S)N(CC4CCCO4)C3=O)c(NCCO)nc12. The summed E-state index contributed by atoms with van der Waals surface area (Å²) in [6.07, 6.45) is 5.06. The number of rotatable bonds is 6. The number of hydrogen-bond donors (Lipinski definition) is 2. The summed E-state index contributed by atoms with van der Waals surface area (Å²) in [5.74, 6) is 0.0927. The van der Waals surface area contributed by atoms with Crippen LogP contribution >= 0.6 is 24.0 Å². The van der Waals surface area contributed by atoms with Crippen molar-refractivity contribution in [3.05, 3.63) is 44.7 Å². The number of aryl methyl sites for hydroxylation is 1. The van der Waals surface area contributed by atoms with Crippen LogP contribution in [0.1, 0.15) is 24.0 Å². The Kier molecular flexibility index (Phi) is 6.19. The van der Waals surface area contributed by atoms with E-state index in [9.17, 15) is 14.7 Å². The number of aromatic nitrogens is 2. The zero-order valence-electron chi connectivity index (χ0n) is 16.5. The maximum absolute atomic E-state index is 13.2.